The summed E-state index contributed by atoms with van der Waals surface area (Å²) in [6, 6.07) is 1.80. The van der Waals surface area contributed by atoms with Crippen LogP contribution in [0.3, 0.4) is 0 Å². The van der Waals surface area contributed by atoms with Crippen LogP contribution in [0, 0.1) is 6.92 Å². The predicted molar refractivity (Wildman–Crippen MR) is 83.6 cm³/mol. The van der Waals surface area contributed by atoms with Gasteiger partial charge in [0.25, 0.3) is 11.8 Å². The molecule has 0 spiro atoms. The predicted octanol–water partition coefficient (Wildman–Crippen LogP) is 2.33. The maximum Gasteiger partial charge on any atom is 0.424 e. The maximum absolute atomic E-state index is 12.3. The first-order valence-electron chi connectivity index (χ1n) is 7.36. The minimum Gasteiger partial charge on any atom is -0.449 e. The highest BCUT2D eigenvalue weighted by Crippen LogP contribution is 2.28. The third-order valence-electron chi connectivity index (χ3n) is 3.37. The van der Waals surface area contributed by atoms with Crippen LogP contribution in [0.1, 0.15) is 37.9 Å². The van der Waals surface area contributed by atoms with Crippen LogP contribution in [-0.2, 0) is 14.3 Å². The van der Waals surface area contributed by atoms with Gasteiger partial charge >= 0.3 is 6.09 Å². The molecule has 0 radical (unpaired) electrons. The van der Waals surface area contributed by atoms with Crippen molar-refractivity contribution in [3.8, 4) is 0 Å². The van der Waals surface area contributed by atoms with Crippen LogP contribution in [-0.4, -0.2) is 34.4 Å². The van der Waals surface area contributed by atoms with Crippen molar-refractivity contribution in [1.29, 1.82) is 0 Å². The minimum absolute atomic E-state index is 0.0288. The lowest BCUT2D eigenvalue weighted by Gasteiger charge is -2.17. The number of nitrogens with zero attached hydrogens (tertiary/aromatic N) is 2. The molecule has 2 rings (SSSR count). The van der Waals surface area contributed by atoms with Crippen molar-refractivity contribution in [2.75, 3.05) is 11.9 Å². The van der Waals surface area contributed by atoms with E-state index in [0.29, 0.717) is 10.6 Å². The molecule has 0 fully saturated rings. The lowest BCUT2D eigenvalue weighted by Crippen LogP contribution is -2.38. The molecular weight excluding hydrogens is 298 g/mol. The van der Waals surface area contributed by atoms with Crippen molar-refractivity contribution in [2.24, 2.45) is 0 Å². The van der Waals surface area contributed by atoms with E-state index in [1.807, 2.05) is 20.8 Å². The first kappa shape index (κ1) is 16.7. The summed E-state index contributed by atoms with van der Waals surface area (Å²) in [5.74, 6) is -1.32. The Morgan fingerprint density at radius 2 is 2.09 bits per heavy atom. The molecule has 1 aromatic heterocycles. The Labute approximate surface area is 134 Å². The minimum atomic E-state index is -0.970. The van der Waals surface area contributed by atoms with E-state index in [4.69, 9.17) is 4.74 Å². The van der Waals surface area contributed by atoms with Gasteiger partial charge in [0.15, 0.2) is 0 Å². The Morgan fingerprint density at radius 3 is 2.70 bits per heavy atom. The van der Waals surface area contributed by atoms with Gasteiger partial charge in [0.05, 0.1) is 18.0 Å². The van der Waals surface area contributed by atoms with Gasteiger partial charge in [-0.15, -0.1) is 0 Å². The van der Waals surface area contributed by atoms with Gasteiger partial charge < -0.3 is 10.1 Å². The van der Waals surface area contributed by atoms with Gasteiger partial charge in [-0.2, -0.15) is 4.90 Å². The van der Waals surface area contributed by atoms with Crippen LogP contribution in [0.5, 0.6) is 0 Å². The second-order valence-corrected chi connectivity index (χ2v) is 5.40. The summed E-state index contributed by atoms with van der Waals surface area (Å²) in [7, 11) is 0. The fourth-order valence-electron chi connectivity index (χ4n) is 2.24. The average molecular weight is 317 g/mol. The summed E-state index contributed by atoms with van der Waals surface area (Å²) < 4.78 is 4.72. The first-order valence-corrected chi connectivity index (χ1v) is 7.36. The third kappa shape index (κ3) is 3.23. The molecule has 23 heavy (non-hydrogen) atoms. The summed E-state index contributed by atoms with van der Waals surface area (Å²) in [6.07, 6.45) is 1.81. The number of nitrogens with one attached hydrogen (secondary N) is 1. The third-order valence-corrected chi connectivity index (χ3v) is 3.37. The molecule has 0 saturated carbocycles. The quantitative estimate of drug-likeness (QED) is 0.857. The monoisotopic (exact) mass is 317 g/mol. The van der Waals surface area contributed by atoms with Crippen molar-refractivity contribution in [2.45, 2.75) is 33.6 Å². The van der Waals surface area contributed by atoms with Crippen LogP contribution >= 0.6 is 0 Å². The number of amides is 3. The van der Waals surface area contributed by atoms with Gasteiger partial charge in [0.1, 0.15) is 5.70 Å². The number of carbonyl (C=O) groups excluding carboxylic acids is 3. The Bertz CT molecular complexity index is 695. The maximum atomic E-state index is 12.3. The number of hydrogen-bond donors (Lipinski definition) is 1. The molecule has 3 amide bonds. The Morgan fingerprint density at radius 1 is 1.39 bits per heavy atom. The molecule has 0 saturated heterocycles. The molecule has 122 valence electrons. The number of aryl methyl sites for hydroxylation is 1. The number of rotatable bonds is 4. The van der Waals surface area contributed by atoms with Crippen LogP contribution in [0.4, 0.5) is 10.5 Å². The zero-order valence-corrected chi connectivity index (χ0v) is 13.5. The van der Waals surface area contributed by atoms with Gasteiger partial charge in [-0.3, -0.25) is 14.6 Å². The summed E-state index contributed by atoms with van der Waals surface area (Å²) >= 11 is 0. The molecule has 2 heterocycles. The molecule has 1 N–H and O–H groups in total. The average Bonchev–Trinajstić information content (AvgIpc) is 2.75. The smallest absolute Gasteiger partial charge is 0.424 e. The molecule has 1 aliphatic rings. The van der Waals surface area contributed by atoms with Crippen molar-refractivity contribution in [3.63, 3.8) is 0 Å². The van der Waals surface area contributed by atoms with Crippen molar-refractivity contribution in [1.82, 2.24) is 9.88 Å². The molecule has 1 aliphatic heterocycles. The van der Waals surface area contributed by atoms with Crippen molar-refractivity contribution < 1.29 is 19.1 Å². The summed E-state index contributed by atoms with van der Waals surface area (Å²) in [4.78, 5) is 40.7. The number of carbonyl (C=O) groups is 3. The topological polar surface area (TPSA) is 88.6 Å². The first-order chi connectivity index (χ1) is 10.9. The van der Waals surface area contributed by atoms with Gasteiger partial charge in [-0.1, -0.05) is 13.8 Å². The molecule has 0 bridgehead atoms. The molecule has 7 heteroatoms. The summed E-state index contributed by atoms with van der Waals surface area (Å²) in [6.45, 7) is 7.52. The fraction of sp³-hybridized carbons (Fsp3) is 0.375. The lowest BCUT2D eigenvalue weighted by molar-refractivity contribution is -0.134. The van der Waals surface area contributed by atoms with E-state index in [9.17, 15) is 14.4 Å². The van der Waals surface area contributed by atoms with E-state index in [1.165, 1.54) is 0 Å². The van der Waals surface area contributed by atoms with Crippen LogP contribution in [0.2, 0.25) is 0 Å². The highest BCUT2D eigenvalue weighted by molar-refractivity contribution is 6.24. The Balaban J connectivity index is 2.29. The standard InChI is InChI=1S/C16H19N3O4/c1-5-23-16(22)19-12(20)8-11(15(19)21)18-14-10(4)6-7-17-13(14)9(2)3/h6-9,18H,5H2,1-4H3. The number of pyridine rings is 1. The highest BCUT2D eigenvalue weighted by atomic mass is 16.6. The van der Waals surface area contributed by atoms with Crippen molar-refractivity contribution in [3.05, 3.63) is 35.3 Å². The van der Waals surface area contributed by atoms with E-state index in [1.54, 1.807) is 19.2 Å². The van der Waals surface area contributed by atoms with Gasteiger partial charge in [-0.05, 0) is 31.4 Å². The van der Waals surface area contributed by atoms with Gasteiger partial charge in [0, 0.05) is 12.3 Å². The van der Waals surface area contributed by atoms with E-state index >= 15 is 0 Å². The molecular formula is C16H19N3O4. The highest BCUT2D eigenvalue weighted by Gasteiger charge is 2.37. The molecule has 0 aromatic carbocycles. The number of anilines is 1. The lowest BCUT2D eigenvalue weighted by atomic mass is 10.0. The van der Waals surface area contributed by atoms with E-state index in [-0.39, 0.29) is 18.2 Å². The van der Waals surface area contributed by atoms with Gasteiger partial charge in [-0.25, -0.2) is 4.79 Å². The second kappa shape index (κ2) is 6.60. The zero-order valence-electron chi connectivity index (χ0n) is 13.5. The normalized spacial score (nSPS) is 14.3. The fourth-order valence-corrected chi connectivity index (χ4v) is 2.24. The number of hydrogen-bond acceptors (Lipinski definition) is 6. The number of imide groups is 3. The summed E-state index contributed by atoms with van der Waals surface area (Å²) in [5, 5.41) is 2.95. The molecule has 0 unspecified atom stereocenters. The molecule has 7 nitrogen and oxygen atoms in total. The summed E-state index contributed by atoms with van der Waals surface area (Å²) in [5.41, 5.74) is 2.36. The molecule has 0 atom stereocenters. The molecule has 0 aliphatic carbocycles. The van der Waals surface area contributed by atoms with Crippen molar-refractivity contribution >= 4 is 23.6 Å². The Kier molecular flexibility index (Phi) is 4.78. The molecule has 1 aromatic rings. The number of ether oxygens (including phenoxy) is 1. The second-order valence-electron chi connectivity index (χ2n) is 5.40. The zero-order chi connectivity index (χ0) is 17.1. The van der Waals surface area contributed by atoms with E-state index in [0.717, 1.165) is 17.3 Å². The van der Waals surface area contributed by atoms with Crippen LogP contribution < -0.4 is 5.32 Å². The largest absolute Gasteiger partial charge is 0.449 e. The SMILES string of the molecule is CCOC(=O)N1C(=O)C=C(Nc2c(C)ccnc2C(C)C)C1=O. The van der Waals surface area contributed by atoms with E-state index < -0.39 is 17.9 Å². The van der Waals surface area contributed by atoms with E-state index in [2.05, 4.69) is 10.3 Å². The van der Waals surface area contributed by atoms with Crippen LogP contribution in [0.15, 0.2) is 24.0 Å². The van der Waals surface area contributed by atoms with Gasteiger partial charge in [0.2, 0.25) is 0 Å². The van der Waals surface area contributed by atoms with Crippen LogP contribution in [0.25, 0.3) is 0 Å². The Hall–Kier alpha value is -2.70. The number of aromatic nitrogens is 1.